The van der Waals surface area contributed by atoms with Crippen LogP contribution in [0.4, 0.5) is 9.18 Å². The first-order valence-corrected chi connectivity index (χ1v) is 13.4. The summed E-state index contributed by atoms with van der Waals surface area (Å²) in [6.45, 7) is 1.28. The van der Waals surface area contributed by atoms with Crippen LogP contribution < -0.4 is 5.56 Å². The second-order valence-corrected chi connectivity index (χ2v) is 10.0. The molecule has 0 saturated carbocycles. The molecule has 1 fully saturated rings. The average Bonchev–Trinajstić information content (AvgIpc) is 3.57. The van der Waals surface area contributed by atoms with Gasteiger partial charge in [0, 0.05) is 36.5 Å². The van der Waals surface area contributed by atoms with Gasteiger partial charge in [0.05, 0.1) is 5.52 Å². The highest BCUT2D eigenvalue weighted by Gasteiger charge is 2.29. The van der Waals surface area contributed by atoms with Gasteiger partial charge in [-0.15, -0.1) is 0 Å². The summed E-state index contributed by atoms with van der Waals surface area (Å²) in [5, 5.41) is 3.32. The van der Waals surface area contributed by atoms with Gasteiger partial charge in [0.25, 0.3) is 5.56 Å². The van der Waals surface area contributed by atoms with Crippen LogP contribution in [0.25, 0.3) is 17.1 Å². The molecule has 2 N–H and O–H groups in total. The number of nitrogens with one attached hydrogen (secondary N) is 2. The minimum absolute atomic E-state index is 0.0536. The molecule has 0 radical (unpaired) electrons. The highest BCUT2D eigenvalue weighted by atomic mass is 19.1. The molecule has 5 aromatic rings. The lowest BCUT2D eigenvalue weighted by Crippen LogP contribution is -2.38. The summed E-state index contributed by atoms with van der Waals surface area (Å²) in [6.07, 6.45) is 3.77. The van der Waals surface area contributed by atoms with E-state index in [1.165, 1.54) is 16.8 Å². The second kappa shape index (κ2) is 11.2. The highest BCUT2D eigenvalue weighted by Crippen LogP contribution is 2.30. The molecule has 1 amide bonds. The van der Waals surface area contributed by atoms with E-state index in [2.05, 4.69) is 20.1 Å². The molecular formula is C30H29FN6O3. The molecule has 6 rings (SSSR count). The first-order valence-electron chi connectivity index (χ1n) is 13.4. The van der Waals surface area contributed by atoms with E-state index in [4.69, 9.17) is 4.74 Å². The Labute approximate surface area is 229 Å². The molecule has 1 aliphatic heterocycles. The Kier molecular flexibility index (Phi) is 7.13. The standard InChI is InChI=1S/C30H29FN6O3/c31-23-11-8-20(9-12-23)10-13-24-26(35-37(28(24)38)29-33-25-7-4-16-32-27(25)34-29)22-14-17-36(18-15-22)30(39)40-19-21-5-2-1-3-6-21/h1-9,11-12,16,22,35H,10,13-15,17-19H2,(H,32,33,34). The monoisotopic (exact) mass is 540 g/mol. The molecule has 0 aliphatic carbocycles. The van der Waals surface area contributed by atoms with E-state index in [1.807, 2.05) is 36.4 Å². The SMILES string of the molecule is O=C(OCc1ccccc1)N1CCC(c2[nH]n(-c3nc4ncccc4[nH]3)c(=O)c2CCc2ccc(F)cc2)CC1. The Hall–Kier alpha value is -4.73. The summed E-state index contributed by atoms with van der Waals surface area (Å²) in [6, 6.07) is 19.6. The predicted octanol–water partition coefficient (Wildman–Crippen LogP) is 4.88. The molecule has 1 saturated heterocycles. The fourth-order valence-corrected chi connectivity index (χ4v) is 5.24. The van der Waals surface area contributed by atoms with Crippen LogP contribution in [-0.2, 0) is 24.2 Å². The second-order valence-electron chi connectivity index (χ2n) is 10.0. The van der Waals surface area contributed by atoms with Gasteiger partial charge in [0.1, 0.15) is 12.4 Å². The molecule has 3 aromatic heterocycles. The number of carbonyl (C=O) groups excluding carboxylic acids is 1. The number of pyridine rings is 1. The number of rotatable bonds is 7. The van der Waals surface area contributed by atoms with E-state index in [9.17, 15) is 14.0 Å². The van der Waals surface area contributed by atoms with Crippen molar-refractivity contribution in [2.45, 2.75) is 38.2 Å². The van der Waals surface area contributed by atoms with Crippen molar-refractivity contribution in [1.82, 2.24) is 29.6 Å². The number of carbonyl (C=O) groups is 1. The van der Waals surface area contributed by atoms with Crippen LogP contribution in [0, 0.1) is 5.82 Å². The van der Waals surface area contributed by atoms with Crippen molar-refractivity contribution in [3.8, 4) is 5.95 Å². The van der Waals surface area contributed by atoms with E-state index < -0.39 is 0 Å². The average molecular weight is 541 g/mol. The lowest BCUT2D eigenvalue weighted by atomic mass is 9.90. The molecule has 40 heavy (non-hydrogen) atoms. The number of nitrogens with zero attached hydrogens (tertiary/aromatic N) is 4. The molecule has 204 valence electrons. The fourth-order valence-electron chi connectivity index (χ4n) is 5.24. The third-order valence-electron chi connectivity index (χ3n) is 7.42. The summed E-state index contributed by atoms with van der Waals surface area (Å²) in [4.78, 5) is 40.0. The van der Waals surface area contributed by atoms with Crippen LogP contribution in [0.5, 0.6) is 0 Å². The summed E-state index contributed by atoms with van der Waals surface area (Å²) in [7, 11) is 0. The third-order valence-corrected chi connectivity index (χ3v) is 7.42. The number of aromatic nitrogens is 5. The van der Waals surface area contributed by atoms with E-state index in [0.29, 0.717) is 55.9 Å². The van der Waals surface area contributed by atoms with Gasteiger partial charge in [-0.3, -0.25) is 9.89 Å². The molecule has 9 nitrogen and oxygen atoms in total. The van der Waals surface area contributed by atoms with Gasteiger partial charge in [-0.2, -0.15) is 9.67 Å². The predicted molar refractivity (Wildman–Crippen MR) is 148 cm³/mol. The number of hydrogen-bond acceptors (Lipinski definition) is 5. The van der Waals surface area contributed by atoms with Gasteiger partial charge in [-0.25, -0.2) is 14.2 Å². The van der Waals surface area contributed by atoms with Gasteiger partial charge < -0.3 is 14.6 Å². The van der Waals surface area contributed by atoms with Crippen molar-refractivity contribution >= 4 is 17.3 Å². The Balaban J connectivity index is 1.21. The minimum atomic E-state index is -0.334. The first-order chi connectivity index (χ1) is 19.5. The number of piperidine rings is 1. The van der Waals surface area contributed by atoms with Crippen molar-refractivity contribution in [2.75, 3.05) is 13.1 Å². The zero-order valence-electron chi connectivity index (χ0n) is 21.8. The number of aryl methyl sites for hydroxylation is 1. The number of aromatic amines is 2. The fraction of sp³-hybridized carbons (Fsp3) is 0.267. The Morgan fingerprint density at radius 2 is 1.75 bits per heavy atom. The number of hydrogen-bond donors (Lipinski definition) is 2. The van der Waals surface area contributed by atoms with Crippen LogP contribution in [0.1, 0.15) is 41.1 Å². The summed E-state index contributed by atoms with van der Waals surface area (Å²) >= 11 is 0. The lowest BCUT2D eigenvalue weighted by molar-refractivity contribution is 0.0868. The number of amides is 1. The molecule has 4 heterocycles. The number of benzene rings is 2. The maximum absolute atomic E-state index is 13.7. The summed E-state index contributed by atoms with van der Waals surface area (Å²) < 4.78 is 20.4. The normalized spacial score (nSPS) is 14.1. The van der Waals surface area contributed by atoms with Gasteiger partial charge in [-0.1, -0.05) is 42.5 Å². The van der Waals surface area contributed by atoms with Crippen LogP contribution in [0.2, 0.25) is 0 Å². The molecule has 1 aliphatic rings. The van der Waals surface area contributed by atoms with Crippen molar-refractivity contribution in [3.63, 3.8) is 0 Å². The van der Waals surface area contributed by atoms with Crippen LogP contribution >= 0.6 is 0 Å². The zero-order chi connectivity index (χ0) is 27.5. The van der Waals surface area contributed by atoms with Crippen molar-refractivity contribution in [1.29, 1.82) is 0 Å². The molecule has 0 unspecified atom stereocenters. The Bertz CT molecular complexity index is 1630. The Morgan fingerprint density at radius 3 is 2.50 bits per heavy atom. The number of ether oxygens (including phenoxy) is 1. The Morgan fingerprint density at radius 1 is 0.975 bits per heavy atom. The van der Waals surface area contributed by atoms with E-state index in [0.717, 1.165) is 22.3 Å². The number of H-pyrrole nitrogens is 2. The van der Waals surface area contributed by atoms with Crippen molar-refractivity contribution in [3.05, 3.63) is 111 Å². The largest absolute Gasteiger partial charge is 0.445 e. The zero-order valence-corrected chi connectivity index (χ0v) is 21.8. The van der Waals surface area contributed by atoms with Crippen molar-refractivity contribution in [2.24, 2.45) is 0 Å². The maximum Gasteiger partial charge on any atom is 0.410 e. The maximum atomic E-state index is 13.7. The van der Waals surface area contributed by atoms with E-state index in [-0.39, 0.29) is 30.0 Å². The van der Waals surface area contributed by atoms with Crippen LogP contribution in [-0.4, -0.2) is 48.8 Å². The topological polar surface area (TPSA) is 109 Å². The highest BCUT2D eigenvalue weighted by molar-refractivity contribution is 5.71. The molecule has 0 bridgehead atoms. The van der Waals surface area contributed by atoms with Crippen LogP contribution in [0.15, 0.2) is 77.7 Å². The van der Waals surface area contributed by atoms with Gasteiger partial charge >= 0.3 is 6.09 Å². The number of imidazole rings is 1. The van der Waals surface area contributed by atoms with E-state index in [1.54, 1.807) is 29.3 Å². The number of fused-ring (bicyclic) bond motifs is 1. The van der Waals surface area contributed by atoms with E-state index >= 15 is 0 Å². The minimum Gasteiger partial charge on any atom is -0.445 e. The summed E-state index contributed by atoms with van der Waals surface area (Å²) in [5.41, 5.74) is 4.48. The molecule has 10 heteroatoms. The first kappa shape index (κ1) is 25.5. The number of halogens is 1. The molecule has 0 atom stereocenters. The van der Waals surface area contributed by atoms with Gasteiger partial charge in [0.2, 0.25) is 5.95 Å². The van der Waals surface area contributed by atoms with Gasteiger partial charge in [0.15, 0.2) is 5.65 Å². The number of likely N-dealkylation sites (tertiary alicyclic amines) is 1. The molecule has 0 spiro atoms. The lowest BCUT2D eigenvalue weighted by Gasteiger charge is -2.31. The molecular weight excluding hydrogens is 511 g/mol. The smallest absolute Gasteiger partial charge is 0.410 e. The van der Waals surface area contributed by atoms with Crippen molar-refractivity contribution < 1.29 is 13.9 Å². The quantitative estimate of drug-likeness (QED) is 0.306. The summed E-state index contributed by atoms with van der Waals surface area (Å²) in [5.74, 6) is 0.133. The third kappa shape index (κ3) is 5.38. The molecule has 2 aromatic carbocycles. The van der Waals surface area contributed by atoms with Gasteiger partial charge in [-0.05, 0) is 61.1 Å². The van der Waals surface area contributed by atoms with Crippen LogP contribution in [0.3, 0.4) is 0 Å².